The number of aryl methyl sites for hydroxylation is 1. The number of methoxy groups -OCH3 is 2. The zero-order valence-corrected chi connectivity index (χ0v) is 15.6. The number of hydrogen-bond acceptors (Lipinski definition) is 5. The highest BCUT2D eigenvalue weighted by atomic mass is 35.5. The summed E-state index contributed by atoms with van der Waals surface area (Å²) < 4.78 is 15.3. The molecule has 0 spiro atoms. The first kappa shape index (κ1) is 19.6. The maximum atomic E-state index is 12.2. The molecule has 1 amide bonds. The summed E-state index contributed by atoms with van der Waals surface area (Å²) in [6.07, 6.45) is 0.778. The van der Waals surface area contributed by atoms with E-state index in [-0.39, 0.29) is 10.6 Å². The second-order valence-corrected chi connectivity index (χ2v) is 5.74. The van der Waals surface area contributed by atoms with Crippen molar-refractivity contribution in [3.8, 4) is 11.5 Å². The van der Waals surface area contributed by atoms with Gasteiger partial charge in [0.1, 0.15) is 0 Å². The third-order valence-corrected chi connectivity index (χ3v) is 3.96. The second-order valence-electron chi connectivity index (χ2n) is 5.33. The first-order valence-corrected chi connectivity index (χ1v) is 8.34. The smallest absolute Gasteiger partial charge is 0.338 e. The van der Waals surface area contributed by atoms with Crippen LogP contribution < -0.4 is 14.8 Å². The summed E-state index contributed by atoms with van der Waals surface area (Å²) in [4.78, 5) is 24.2. The van der Waals surface area contributed by atoms with Crippen LogP contribution in [0, 0.1) is 0 Å². The van der Waals surface area contributed by atoms with Gasteiger partial charge >= 0.3 is 5.97 Å². The molecule has 0 saturated carbocycles. The minimum Gasteiger partial charge on any atom is -0.493 e. The molecule has 1 N–H and O–H groups in total. The standard InChI is InChI=1S/C19H20ClNO5/c1-4-12-7-5-6-8-15(12)21-17(22)11-26-19(23)13-9-14(20)18(25-3)16(10-13)24-2/h5-10H,4,11H2,1-3H3,(H,21,22). The van der Waals surface area contributed by atoms with Gasteiger partial charge in [-0.3, -0.25) is 4.79 Å². The van der Waals surface area contributed by atoms with Crippen LogP contribution in [0.4, 0.5) is 5.69 Å². The number of benzene rings is 2. The van der Waals surface area contributed by atoms with E-state index in [2.05, 4.69) is 5.32 Å². The normalized spacial score (nSPS) is 10.2. The number of para-hydroxylation sites is 1. The molecule has 0 aliphatic heterocycles. The molecule has 2 rings (SSSR count). The molecule has 0 atom stereocenters. The van der Waals surface area contributed by atoms with Crippen molar-refractivity contribution >= 4 is 29.2 Å². The van der Waals surface area contributed by atoms with Gasteiger partial charge in [-0.1, -0.05) is 36.7 Å². The third kappa shape index (κ3) is 4.67. The Morgan fingerprint density at radius 1 is 1.12 bits per heavy atom. The molecular formula is C19H20ClNO5. The molecule has 138 valence electrons. The highest BCUT2D eigenvalue weighted by molar-refractivity contribution is 6.32. The summed E-state index contributed by atoms with van der Waals surface area (Å²) in [6, 6.07) is 10.3. The van der Waals surface area contributed by atoms with E-state index in [9.17, 15) is 9.59 Å². The Labute approximate surface area is 157 Å². The number of carbonyl (C=O) groups excluding carboxylic acids is 2. The lowest BCUT2D eigenvalue weighted by Gasteiger charge is -2.12. The maximum Gasteiger partial charge on any atom is 0.338 e. The van der Waals surface area contributed by atoms with Crippen LogP contribution in [0.25, 0.3) is 0 Å². The first-order valence-electron chi connectivity index (χ1n) is 7.96. The minimum absolute atomic E-state index is 0.161. The summed E-state index contributed by atoms with van der Waals surface area (Å²) in [5, 5.41) is 2.94. The van der Waals surface area contributed by atoms with E-state index in [1.54, 1.807) is 6.07 Å². The molecule has 0 aliphatic rings. The van der Waals surface area contributed by atoms with E-state index in [0.717, 1.165) is 12.0 Å². The fraction of sp³-hybridized carbons (Fsp3) is 0.263. The zero-order chi connectivity index (χ0) is 19.1. The fourth-order valence-electron chi connectivity index (χ4n) is 2.39. The number of carbonyl (C=O) groups is 2. The average molecular weight is 378 g/mol. The molecule has 7 heteroatoms. The van der Waals surface area contributed by atoms with Gasteiger partial charge in [-0.25, -0.2) is 4.79 Å². The summed E-state index contributed by atoms with van der Waals surface area (Å²) in [7, 11) is 2.88. The van der Waals surface area contributed by atoms with Crippen LogP contribution in [-0.4, -0.2) is 32.7 Å². The Balaban J connectivity index is 2.02. The lowest BCUT2D eigenvalue weighted by molar-refractivity contribution is -0.119. The number of amides is 1. The molecule has 0 unspecified atom stereocenters. The van der Waals surface area contributed by atoms with Gasteiger partial charge in [0.2, 0.25) is 0 Å². The predicted molar refractivity (Wildman–Crippen MR) is 99.3 cm³/mol. The number of rotatable bonds is 7. The highest BCUT2D eigenvalue weighted by Gasteiger charge is 2.17. The van der Waals surface area contributed by atoms with Crippen LogP contribution in [0.15, 0.2) is 36.4 Å². The predicted octanol–water partition coefficient (Wildman–Crippen LogP) is 3.72. The Morgan fingerprint density at radius 2 is 1.85 bits per heavy atom. The van der Waals surface area contributed by atoms with Crippen LogP contribution in [0.2, 0.25) is 5.02 Å². The van der Waals surface area contributed by atoms with Gasteiger partial charge in [-0.15, -0.1) is 0 Å². The van der Waals surface area contributed by atoms with Crippen LogP contribution in [0.1, 0.15) is 22.8 Å². The van der Waals surface area contributed by atoms with Crippen molar-refractivity contribution < 1.29 is 23.8 Å². The minimum atomic E-state index is -0.688. The molecule has 0 fully saturated rings. The number of halogens is 1. The van der Waals surface area contributed by atoms with E-state index in [0.29, 0.717) is 17.2 Å². The van der Waals surface area contributed by atoms with Gasteiger partial charge in [0.15, 0.2) is 18.1 Å². The molecule has 0 bridgehead atoms. The number of esters is 1. The zero-order valence-electron chi connectivity index (χ0n) is 14.8. The van der Waals surface area contributed by atoms with Gasteiger partial charge in [-0.2, -0.15) is 0 Å². The van der Waals surface area contributed by atoms with E-state index < -0.39 is 18.5 Å². The molecule has 0 heterocycles. The van der Waals surface area contributed by atoms with Crippen molar-refractivity contribution in [3.05, 3.63) is 52.5 Å². The molecule has 2 aromatic rings. The van der Waals surface area contributed by atoms with Gasteiger partial charge in [-0.05, 0) is 30.2 Å². The summed E-state index contributed by atoms with van der Waals surface area (Å²) >= 11 is 6.07. The Kier molecular flexibility index (Phi) is 6.86. The first-order chi connectivity index (χ1) is 12.5. The lowest BCUT2D eigenvalue weighted by Crippen LogP contribution is -2.21. The van der Waals surface area contributed by atoms with Crippen molar-refractivity contribution in [1.82, 2.24) is 0 Å². The maximum absolute atomic E-state index is 12.2. The fourth-order valence-corrected chi connectivity index (χ4v) is 2.67. The largest absolute Gasteiger partial charge is 0.493 e. The second kappa shape index (κ2) is 9.10. The summed E-state index contributed by atoms with van der Waals surface area (Å²) in [6.45, 7) is 1.58. The molecule has 0 aromatic heterocycles. The van der Waals surface area contributed by atoms with E-state index >= 15 is 0 Å². The third-order valence-electron chi connectivity index (χ3n) is 3.68. The van der Waals surface area contributed by atoms with E-state index in [1.165, 1.54) is 26.4 Å². The SMILES string of the molecule is CCc1ccccc1NC(=O)COC(=O)c1cc(Cl)c(OC)c(OC)c1. The van der Waals surface area contributed by atoms with Crippen molar-refractivity contribution in [1.29, 1.82) is 0 Å². The van der Waals surface area contributed by atoms with E-state index in [1.807, 2.05) is 25.1 Å². The van der Waals surface area contributed by atoms with Gasteiger partial charge in [0, 0.05) is 5.69 Å². The highest BCUT2D eigenvalue weighted by Crippen LogP contribution is 2.36. The molecular weight excluding hydrogens is 358 g/mol. The Morgan fingerprint density at radius 3 is 2.50 bits per heavy atom. The van der Waals surface area contributed by atoms with Crippen molar-refractivity contribution in [2.24, 2.45) is 0 Å². The summed E-state index contributed by atoms with van der Waals surface area (Å²) in [5.41, 5.74) is 1.86. The van der Waals surface area contributed by atoms with E-state index in [4.69, 9.17) is 25.8 Å². The van der Waals surface area contributed by atoms with Crippen molar-refractivity contribution in [3.63, 3.8) is 0 Å². The molecule has 0 radical (unpaired) electrons. The Bertz CT molecular complexity index is 807. The molecule has 6 nitrogen and oxygen atoms in total. The molecule has 26 heavy (non-hydrogen) atoms. The monoisotopic (exact) mass is 377 g/mol. The molecule has 2 aromatic carbocycles. The number of ether oxygens (including phenoxy) is 3. The lowest BCUT2D eigenvalue weighted by atomic mass is 10.1. The molecule has 0 aliphatic carbocycles. The average Bonchev–Trinajstić information content (AvgIpc) is 2.65. The van der Waals surface area contributed by atoms with Gasteiger partial charge in [0.05, 0.1) is 24.8 Å². The number of nitrogens with one attached hydrogen (secondary N) is 1. The van der Waals surface area contributed by atoms with Crippen LogP contribution >= 0.6 is 11.6 Å². The number of hydrogen-bond donors (Lipinski definition) is 1. The van der Waals surface area contributed by atoms with Crippen LogP contribution in [0.5, 0.6) is 11.5 Å². The molecule has 0 saturated heterocycles. The van der Waals surface area contributed by atoms with Crippen LogP contribution in [0.3, 0.4) is 0 Å². The summed E-state index contributed by atoms with van der Waals surface area (Å²) in [5.74, 6) is -0.495. The Hall–Kier alpha value is -2.73. The van der Waals surface area contributed by atoms with Gasteiger partial charge in [0.25, 0.3) is 5.91 Å². The topological polar surface area (TPSA) is 73.9 Å². The quantitative estimate of drug-likeness (QED) is 0.744. The van der Waals surface area contributed by atoms with Crippen LogP contribution in [-0.2, 0) is 16.0 Å². The van der Waals surface area contributed by atoms with Crippen molar-refractivity contribution in [2.75, 3.05) is 26.1 Å². The van der Waals surface area contributed by atoms with Crippen molar-refractivity contribution in [2.45, 2.75) is 13.3 Å². The number of anilines is 1. The van der Waals surface area contributed by atoms with Gasteiger partial charge < -0.3 is 19.5 Å².